The number of benzene rings is 1. The lowest BCUT2D eigenvalue weighted by Crippen LogP contribution is -2.22. The second-order valence-corrected chi connectivity index (χ2v) is 4.92. The molecule has 1 aromatic carbocycles. The van der Waals surface area contributed by atoms with E-state index in [2.05, 4.69) is 5.32 Å². The van der Waals surface area contributed by atoms with Crippen LogP contribution in [0.1, 0.15) is 6.42 Å². The maximum atomic E-state index is 12.1. The molecule has 0 radical (unpaired) electrons. The van der Waals surface area contributed by atoms with E-state index in [4.69, 9.17) is 22.6 Å². The molecule has 0 spiro atoms. The zero-order valence-electron chi connectivity index (χ0n) is 12.4. The van der Waals surface area contributed by atoms with E-state index in [9.17, 15) is 19.7 Å². The van der Waals surface area contributed by atoms with Gasteiger partial charge in [0.2, 0.25) is 6.41 Å². The van der Waals surface area contributed by atoms with E-state index in [-0.39, 0.29) is 28.5 Å². The number of nitro groups is 1. The number of rotatable bonds is 8. The fraction of sp³-hybridized carbons (Fsp3) is 0.214. The highest BCUT2D eigenvalue weighted by molar-refractivity contribution is 6.34. The molecule has 0 atom stereocenters. The first-order valence-electron chi connectivity index (χ1n) is 6.71. The molecule has 0 unspecified atom stereocenters. The van der Waals surface area contributed by atoms with Crippen molar-refractivity contribution in [3.63, 3.8) is 0 Å². The molecule has 126 valence electrons. The van der Waals surface area contributed by atoms with E-state index in [1.807, 2.05) is 0 Å². The maximum absolute atomic E-state index is 12.1. The largest absolute Gasteiger partial charge is 0.330 e. The van der Waals surface area contributed by atoms with E-state index in [0.717, 1.165) is 17.2 Å². The standard InChI is InChI=1S/C14H14ClN5O4/c15-12-3-2-11(20(23)24)6-13(12)18-14(22)10(7-17)8-19(9-21)5-1-4-16/h2-3,6,8-9H,1,4-5,16H2,(H,18,22)/b10-8-. The van der Waals surface area contributed by atoms with Crippen LogP contribution >= 0.6 is 11.6 Å². The summed E-state index contributed by atoms with van der Waals surface area (Å²) in [5, 5.41) is 22.2. The number of hydrogen-bond donors (Lipinski definition) is 2. The SMILES string of the molecule is N#C/C(=C/N(C=O)CCCN)C(=O)Nc1cc([N+](=O)[O-])ccc1Cl. The Bertz CT molecular complexity index is 714. The molecule has 0 aromatic heterocycles. The van der Waals surface area contributed by atoms with E-state index >= 15 is 0 Å². The van der Waals surface area contributed by atoms with Gasteiger partial charge in [0, 0.05) is 24.9 Å². The number of carbonyl (C=O) groups excluding carboxylic acids is 2. The fourth-order valence-electron chi connectivity index (χ4n) is 1.64. The van der Waals surface area contributed by atoms with Crippen LogP contribution in [0.5, 0.6) is 0 Å². The van der Waals surface area contributed by atoms with Gasteiger partial charge < -0.3 is 16.0 Å². The van der Waals surface area contributed by atoms with Crippen molar-refractivity contribution in [2.45, 2.75) is 6.42 Å². The monoisotopic (exact) mass is 351 g/mol. The lowest BCUT2D eigenvalue weighted by Gasteiger charge is -2.12. The number of amides is 2. The summed E-state index contributed by atoms with van der Waals surface area (Å²) >= 11 is 5.87. The van der Waals surface area contributed by atoms with E-state index in [0.29, 0.717) is 19.4 Å². The average Bonchev–Trinajstić information content (AvgIpc) is 2.56. The Morgan fingerprint density at radius 3 is 2.79 bits per heavy atom. The molecule has 0 saturated carbocycles. The number of halogens is 1. The van der Waals surface area contributed by atoms with Gasteiger partial charge in [0.15, 0.2) is 0 Å². The number of anilines is 1. The van der Waals surface area contributed by atoms with Gasteiger partial charge in [-0.15, -0.1) is 0 Å². The quantitative estimate of drug-likeness (QED) is 0.238. The molecule has 0 bridgehead atoms. The predicted molar refractivity (Wildman–Crippen MR) is 86.9 cm³/mol. The number of nitrogens with one attached hydrogen (secondary N) is 1. The van der Waals surface area contributed by atoms with Crippen molar-refractivity contribution in [3.05, 3.63) is 45.1 Å². The van der Waals surface area contributed by atoms with E-state index in [1.54, 1.807) is 6.07 Å². The summed E-state index contributed by atoms with van der Waals surface area (Å²) in [6, 6.07) is 5.17. The van der Waals surface area contributed by atoms with E-state index in [1.165, 1.54) is 12.1 Å². The van der Waals surface area contributed by atoms with Crippen molar-refractivity contribution in [1.29, 1.82) is 5.26 Å². The molecule has 24 heavy (non-hydrogen) atoms. The zero-order valence-corrected chi connectivity index (χ0v) is 13.2. The summed E-state index contributed by atoms with van der Waals surface area (Å²) < 4.78 is 0. The molecule has 10 heteroatoms. The number of nitriles is 1. The van der Waals surface area contributed by atoms with Crippen LogP contribution in [0.3, 0.4) is 0 Å². The molecule has 2 amide bonds. The third kappa shape index (κ3) is 5.35. The van der Waals surface area contributed by atoms with Crippen LogP contribution in [0.15, 0.2) is 30.0 Å². The van der Waals surface area contributed by atoms with Crippen LogP contribution < -0.4 is 11.1 Å². The Hall–Kier alpha value is -2.96. The summed E-state index contributed by atoms with van der Waals surface area (Å²) in [6.07, 6.45) is 2.02. The van der Waals surface area contributed by atoms with Crippen molar-refractivity contribution in [2.24, 2.45) is 5.73 Å². The predicted octanol–water partition coefficient (Wildman–Crippen LogP) is 1.40. The highest BCUT2D eigenvalue weighted by Gasteiger charge is 2.15. The fourth-order valence-corrected chi connectivity index (χ4v) is 1.80. The van der Waals surface area contributed by atoms with Crippen molar-refractivity contribution < 1.29 is 14.5 Å². The molecular weight excluding hydrogens is 338 g/mol. The van der Waals surface area contributed by atoms with Gasteiger partial charge in [-0.1, -0.05) is 11.6 Å². The minimum absolute atomic E-state index is 0.0170. The first-order chi connectivity index (χ1) is 11.4. The van der Waals surface area contributed by atoms with Crippen LogP contribution in [0, 0.1) is 21.4 Å². The molecule has 0 aliphatic carbocycles. The topological polar surface area (TPSA) is 142 Å². The lowest BCUT2D eigenvalue weighted by molar-refractivity contribution is -0.384. The Morgan fingerprint density at radius 2 is 2.25 bits per heavy atom. The normalized spacial score (nSPS) is 10.6. The van der Waals surface area contributed by atoms with Gasteiger partial charge in [-0.05, 0) is 19.0 Å². The summed E-state index contributed by atoms with van der Waals surface area (Å²) in [5.74, 6) is -0.848. The third-order valence-electron chi connectivity index (χ3n) is 2.82. The maximum Gasteiger partial charge on any atom is 0.271 e. The molecule has 0 saturated heterocycles. The number of hydrogen-bond acceptors (Lipinski definition) is 6. The van der Waals surface area contributed by atoms with Crippen LogP contribution in [-0.2, 0) is 9.59 Å². The Labute approximate surface area is 142 Å². The zero-order chi connectivity index (χ0) is 18.1. The number of nitrogens with zero attached hydrogens (tertiary/aromatic N) is 3. The number of non-ortho nitro benzene ring substituents is 1. The van der Waals surface area contributed by atoms with Crippen LogP contribution in [-0.4, -0.2) is 35.2 Å². The van der Waals surface area contributed by atoms with Crippen LogP contribution in [0.25, 0.3) is 0 Å². The van der Waals surface area contributed by atoms with Crippen LogP contribution in [0.4, 0.5) is 11.4 Å². The van der Waals surface area contributed by atoms with Crippen molar-refractivity contribution >= 4 is 35.3 Å². The molecule has 0 aliphatic heterocycles. The van der Waals surface area contributed by atoms with Gasteiger partial charge in [-0.2, -0.15) is 5.26 Å². The average molecular weight is 352 g/mol. The van der Waals surface area contributed by atoms with Crippen molar-refractivity contribution in [2.75, 3.05) is 18.4 Å². The lowest BCUT2D eigenvalue weighted by atomic mass is 10.2. The molecule has 0 aliphatic rings. The number of nitro benzene ring substituents is 1. The Morgan fingerprint density at radius 1 is 1.54 bits per heavy atom. The molecule has 3 N–H and O–H groups in total. The van der Waals surface area contributed by atoms with Gasteiger partial charge in [0.1, 0.15) is 11.6 Å². The first kappa shape index (κ1) is 19.1. The third-order valence-corrected chi connectivity index (χ3v) is 3.15. The summed E-state index contributed by atoms with van der Waals surface area (Å²) in [5.41, 5.74) is 4.69. The summed E-state index contributed by atoms with van der Waals surface area (Å²) in [4.78, 5) is 34.2. The van der Waals surface area contributed by atoms with Gasteiger partial charge >= 0.3 is 0 Å². The van der Waals surface area contributed by atoms with Gasteiger partial charge in [0.05, 0.1) is 15.6 Å². The molecule has 1 rings (SSSR count). The summed E-state index contributed by atoms with van der Waals surface area (Å²) in [7, 11) is 0. The molecule has 0 heterocycles. The molecule has 1 aromatic rings. The van der Waals surface area contributed by atoms with E-state index < -0.39 is 10.8 Å². The minimum Gasteiger partial charge on any atom is -0.330 e. The second-order valence-electron chi connectivity index (χ2n) is 4.52. The van der Waals surface area contributed by atoms with Gasteiger partial charge in [0.25, 0.3) is 11.6 Å². The molecular formula is C14H14ClN5O4. The van der Waals surface area contributed by atoms with Gasteiger partial charge in [-0.25, -0.2) is 0 Å². The second kappa shape index (κ2) is 9.24. The number of carbonyl (C=O) groups is 2. The Balaban J connectivity index is 2.99. The molecule has 9 nitrogen and oxygen atoms in total. The first-order valence-corrected chi connectivity index (χ1v) is 7.09. The smallest absolute Gasteiger partial charge is 0.271 e. The van der Waals surface area contributed by atoms with Crippen molar-refractivity contribution in [3.8, 4) is 6.07 Å². The number of nitrogens with two attached hydrogens (primary N) is 1. The molecule has 0 fully saturated rings. The Kier molecular flexibility index (Phi) is 7.35. The van der Waals surface area contributed by atoms with Gasteiger partial charge in [-0.3, -0.25) is 19.7 Å². The summed E-state index contributed by atoms with van der Waals surface area (Å²) in [6.45, 7) is 0.589. The van der Waals surface area contributed by atoms with Crippen molar-refractivity contribution in [1.82, 2.24) is 4.90 Å². The van der Waals surface area contributed by atoms with Crippen LogP contribution in [0.2, 0.25) is 5.02 Å². The highest BCUT2D eigenvalue weighted by Crippen LogP contribution is 2.27. The highest BCUT2D eigenvalue weighted by atomic mass is 35.5. The minimum atomic E-state index is -0.848.